The Morgan fingerprint density at radius 2 is 2.12 bits per heavy atom. The quantitative estimate of drug-likeness (QED) is 0.899. The molecule has 0 radical (unpaired) electrons. The fourth-order valence-corrected chi connectivity index (χ4v) is 2.52. The predicted octanol–water partition coefficient (Wildman–Crippen LogP) is 2.56. The van der Waals surface area contributed by atoms with Crippen LogP contribution in [0.15, 0.2) is 18.3 Å². The number of carbonyl (C=O) groups is 2. The molecule has 2 heterocycles. The van der Waals surface area contributed by atoms with Crippen molar-refractivity contribution in [2.24, 2.45) is 11.3 Å². The number of pyridine rings is 1. The third-order valence-corrected chi connectivity index (χ3v) is 4.06. The van der Waals surface area contributed by atoms with Crippen LogP contribution in [-0.2, 0) is 9.53 Å². The van der Waals surface area contributed by atoms with E-state index in [4.69, 9.17) is 4.74 Å². The number of hydrogen-bond donors (Lipinski definition) is 1. The summed E-state index contributed by atoms with van der Waals surface area (Å²) in [6.07, 6.45) is 2.50. The molecule has 1 atom stereocenters. The summed E-state index contributed by atoms with van der Waals surface area (Å²) in [6, 6.07) is 3.38. The lowest BCUT2D eigenvalue weighted by Crippen LogP contribution is -2.30. The van der Waals surface area contributed by atoms with Gasteiger partial charge in [0.05, 0.1) is 12.2 Å². The Hall–Kier alpha value is -1.95. The third-order valence-electron chi connectivity index (χ3n) is 4.06. The van der Waals surface area contributed by atoms with Crippen LogP contribution in [0.2, 0.25) is 0 Å². The maximum atomic E-state index is 12.5. The number of rotatable bonds is 5. The van der Waals surface area contributed by atoms with Gasteiger partial charge in [-0.3, -0.25) is 9.59 Å². The maximum absolute atomic E-state index is 12.5. The molecular formula is C18H27N3O3. The number of anilines is 1. The van der Waals surface area contributed by atoms with Crippen LogP contribution in [0.4, 0.5) is 5.82 Å². The number of nitrogens with zero attached hydrogens (tertiary/aromatic N) is 2. The molecule has 0 spiro atoms. The van der Waals surface area contributed by atoms with E-state index in [2.05, 4.69) is 10.3 Å². The van der Waals surface area contributed by atoms with Crippen molar-refractivity contribution in [3.05, 3.63) is 23.9 Å². The number of likely N-dealkylation sites (tertiary alicyclic amines) is 1. The van der Waals surface area contributed by atoms with Gasteiger partial charge in [0.15, 0.2) is 0 Å². The Morgan fingerprint density at radius 3 is 2.71 bits per heavy atom. The third kappa shape index (κ3) is 4.77. The second-order valence-corrected chi connectivity index (χ2v) is 7.20. The highest BCUT2D eigenvalue weighted by Gasteiger charge is 2.27. The van der Waals surface area contributed by atoms with Crippen molar-refractivity contribution in [1.82, 2.24) is 9.88 Å². The maximum Gasteiger partial charge on any atom is 0.255 e. The predicted molar refractivity (Wildman–Crippen MR) is 92.8 cm³/mol. The first-order valence-electron chi connectivity index (χ1n) is 8.45. The van der Waals surface area contributed by atoms with Gasteiger partial charge in [0.25, 0.3) is 5.91 Å². The minimum atomic E-state index is -0.485. The van der Waals surface area contributed by atoms with Gasteiger partial charge in [-0.05, 0) is 25.5 Å². The summed E-state index contributed by atoms with van der Waals surface area (Å²) in [7, 11) is 0. The van der Waals surface area contributed by atoms with Crippen LogP contribution >= 0.6 is 0 Å². The van der Waals surface area contributed by atoms with E-state index in [0.29, 0.717) is 30.5 Å². The van der Waals surface area contributed by atoms with Crippen LogP contribution in [0.3, 0.4) is 0 Å². The SMILES string of the molecule is CCOC[C@@H]1CCN(C(=O)c2ccc(NC(=O)C(C)(C)C)nc2)C1. The van der Waals surface area contributed by atoms with E-state index >= 15 is 0 Å². The molecule has 1 aromatic rings. The summed E-state index contributed by atoms with van der Waals surface area (Å²) in [6.45, 7) is 10.4. The lowest BCUT2D eigenvalue weighted by atomic mass is 9.96. The lowest BCUT2D eigenvalue weighted by Gasteiger charge is -2.18. The van der Waals surface area contributed by atoms with E-state index in [1.807, 2.05) is 32.6 Å². The molecule has 6 nitrogen and oxygen atoms in total. The van der Waals surface area contributed by atoms with E-state index in [-0.39, 0.29) is 11.8 Å². The molecule has 2 rings (SSSR count). The zero-order valence-corrected chi connectivity index (χ0v) is 15.0. The topological polar surface area (TPSA) is 71.5 Å². The number of hydrogen-bond acceptors (Lipinski definition) is 4. The van der Waals surface area contributed by atoms with Crippen LogP contribution in [-0.4, -0.2) is 48.0 Å². The van der Waals surface area contributed by atoms with Gasteiger partial charge in [-0.25, -0.2) is 4.98 Å². The molecule has 132 valence electrons. The highest BCUT2D eigenvalue weighted by Crippen LogP contribution is 2.20. The van der Waals surface area contributed by atoms with Crippen molar-refractivity contribution in [2.75, 3.05) is 31.6 Å². The smallest absolute Gasteiger partial charge is 0.255 e. The fourth-order valence-electron chi connectivity index (χ4n) is 2.52. The Labute approximate surface area is 143 Å². The Morgan fingerprint density at radius 1 is 1.38 bits per heavy atom. The van der Waals surface area contributed by atoms with E-state index in [1.165, 1.54) is 6.20 Å². The Bertz CT molecular complexity index is 578. The summed E-state index contributed by atoms with van der Waals surface area (Å²) in [5.74, 6) is 0.747. The number of amides is 2. The Kier molecular flexibility index (Phi) is 5.94. The molecule has 1 aliphatic heterocycles. The second-order valence-electron chi connectivity index (χ2n) is 7.20. The highest BCUT2D eigenvalue weighted by molar-refractivity contribution is 5.96. The van der Waals surface area contributed by atoms with Crippen molar-refractivity contribution in [2.45, 2.75) is 34.1 Å². The van der Waals surface area contributed by atoms with Gasteiger partial charge in [-0.1, -0.05) is 20.8 Å². The normalized spacial score (nSPS) is 17.8. The molecule has 2 amide bonds. The van der Waals surface area contributed by atoms with Gasteiger partial charge in [-0.2, -0.15) is 0 Å². The summed E-state index contributed by atoms with van der Waals surface area (Å²) in [5.41, 5.74) is 0.0576. The second kappa shape index (κ2) is 7.75. The molecule has 24 heavy (non-hydrogen) atoms. The van der Waals surface area contributed by atoms with Crippen LogP contribution < -0.4 is 5.32 Å². The molecule has 0 unspecified atom stereocenters. The van der Waals surface area contributed by atoms with E-state index in [1.54, 1.807) is 12.1 Å². The molecule has 0 bridgehead atoms. The molecular weight excluding hydrogens is 306 g/mol. The molecule has 1 aromatic heterocycles. The van der Waals surface area contributed by atoms with Crippen molar-refractivity contribution >= 4 is 17.6 Å². The van der Waals surface area contributed by atoms with Crippen molar-refractivity contribution in [1.29, 1.82) is 0 Å². The molecule has 1 N–H and O–H groups in total. The van der Waals surface area contributed by atoms with Crippen LogP contribution in [0.25, 0.3) is 0 Å². The van der Waals surface area contributed by atoms with Gasteiger partial charge in [-0.15, -0.1) is 0 Å². The number of carbonyl (C=O) groups excluding carboxylic acids is 2. The average molecular weight is 333 g/mol. The first kappa shape index (κ1) is 18.4. The van der Waals surface area contributed by atoms with Crippen LogP contribution in [0.1, 0.15) is 44.5 Å². The molecule has 0 aliphatic carbocycles. The summed E-state index contributed by atoms with van der Waals surface area (Å²) in [4.78, 5) is 30.5. The van der Waals surface area contributed by atoms with Gasteiger partial charge < -0.3 is 15.0 Å². The zero-order valence-electron chi connectivity index (χ0n) is 15.0. The van der Waals surface area contributed by atoms with Gasteiger partial charge >= 0.3 is 0 Å². The summed E-state index contributed by atoms with van der Waals surface area (Å²) >= 11 is 0. The minimum Gasteiger partial charge on any atom is -0.381 e. The van der Waals surface area contributed by atoms with Crippen molar-refractivity contribution in [3.8, 4) is 0 Å². The largest absolute Gasteiger partial charge is 0.381 e. The molecule has 1 aliphatic rings. The van der Waals surface area contributed by atoms with E-state index in [9.17, 15) is 9.59 Å². The number of aromatic nitrogens is 1. The van der Waals surface area contributed by atoms with Crippen molar-refractivity contribution < 1.29 is 14.3 Å². The van der Waals surface area contributed by atoms with Crippen LogP contribution in [0.5, 0.6) is 0 Å². The summed E-state index contributed by atoms with van der Waals surface area (Å²) < 4.78 is 5.44. The molecule has 6 heteroatoms. The van der Waals surface area contributed by atoms with Gasteiger partial charge in [0.1, 0.15) is 5.82 Å². The number of ether oxygens (including phenoxy) is 1. The average Bonchev–Trinajstić information content (AvgIpc) is 3.01. The first-order valence-corrected chi connectivity index (χ1v) is 8.45. The zero-order chi connectivity index (χ0) is 17.7. The molecule has 0 aromatic carbocycles. The number of nitrogens with one attached hydrogen (secondary N) is 1. The van der Waals surface area contributed by atoms with Gasteiger partial charge in [0, 0.05) is 37.2 Å². The van der Waals surface area contributed by atoms with E-state index < -0.39 is 5.41 Å². The summed E-state index contributed by atoms with van der Waals surface area (Å²) in [5, 5.41) is 2.76. The van der Waals surface area contributed by atoms with E-state index in [0.717, 1.165) is 19.5 Å². The standard InChI is InChI=1S/C18H27N3O3/c1-5-24-12-13-8-9-21(11-13)16(22)14-6-7-15(19-10-14)20-17(23)18(2,3)4/h6-7,10,13H,5,8-9,11-12H2,1-4H3,(H,19,20,23)/t13-/m1/s1. The fraction of sp³-hybridized carbons (Fsp3) is 0.611. The van der Waals surface area contributed by atoms with Crippen molar-refractivity contribution in [3.63, 3.8) is 0 Å². The highest BCUT2D eigenvalue weighted by atomic mass is 16.5. The molecule has 0 saturated carbocycles. The van der Waals surface area contributed by atoms with Gasteiger partial charge in [0.2, 0.25) is 5.91 Å². The first-order chi connectivity index (χ1) is 11.3. The Balaban J connectivity index is 1.93. The minimum absolute atomic E-state index is 0.0183. The monoisotopic (exact) mass is 333 g/mol. The van der Waals surface area contributed by atoms with Crippen LogP contribution in [0, 0.1) is 11.3 Å². The molecule has 1 saturated heterocycles. The lowest BCUT2D eigenvalue weighted by molar-refractivity contribution is -0.123. The molecule has 1 fully saturated rings.